The molecule has 1 nitrogen and oxygen atoms in total. The molecule has 0 aliphatic carbocycles. The summed E-state index contributed by atoms with van der Waals surface area (Å²) in [5.41, 5.74) is 3.39. The summed E-state index contributed by atoms with van der Waals surface area (Å²) < 4.78 is 0. The van der Waals surface area contributed by atoms with Gasteiger partial charge in [0.2, 0.25) is 0 Å². The Morgan fingerprint density at radius 2 is 1.53 bits per heavy atom. The summed E-state index contributed by atoms with van der Waals surface area (Å²) in [4.78, 5) is 0. The minimum atomic E-state index is -0.190. The Morgan fingerprint density at radius 1 is 0.882 bits per heavy atom. The molecule has 0 radical (unpaired) electrons. The van der Waals surface area contributed by atoms with Gasteiger partial charge in [0.05, 0.1) is 6.61 Å². The number of hydrogen-bond donors (Lipinski definition) is 1. The predicted octanol–water partition coefficient (Wildman–Crippen LogP) is 3.62. The van der Waals surface area contributed by atoms with Crippen LogP contribution in [0.2, 0.25) is 0 Å². The number of hydrogen-bond acceptors (Lipinski definition) is 1. The Kier molecular flexibility index (Phi) is 3.30. The average Bonchev–Trinajstić information content (AvgIpc) is 2.40. The van der Waals surface area contributed by atoms with Crippen LogP contribution in [-0.4, -0.2) is 11.7 Å². The van der Waals surface area contributed by atoms with Crippen molar-refractivity contribution in [3.63, 3.8) is 0 Å². The van der Waals surface area contributed by atoms with Crippen molar-refractivity contribution < 1.29 is 5.11 Å². The smallest absolute Gasteiger partial charge is 0.0522 e. The van der Waals surface area contributed by atoms with Gasteiger partial charge in [0.25, 0.3) is 0 Å². The third-order valence-electron chi connectivity index (χ3n) is 3.15. The molecule has 2 aromatic rings. The fraction of sp³-hybridized carbons (Fsp3) is 0.250. The van der Waals surface area contributed by atoms with Crippen LogP contribution in [0, 0.1) is 0 Å². The van der Waals surface area contributed by atoms with Gasteiger partial charge in [-0.2, -0.15) is 0 Å². The van der Waals surface area contributed by atoms with Gasteiger partial charge in [-0.15, -0.1) is 0 Å². The molecular formula is C16H18O. The first-order chi connectivity index (χ1) is 8.13. The number of aliphatic hydroxyl groups excluding tert-OH is 1. The van der Waals surface area contributed by atoms with Gasteiger partial charge in [0.15, 0.2) is 0 Å². The molecule has 2 aromatic carbocycles. The molecule has 0 amide bonds. The molecule has 0 saturated carbocycles. The quantitative estimate of drug-likeness (QED) is 0.847. The normalized spacial score (nSPS) is 11.5. The molecule has 0 saturated heterocycles. The lowest BCUT2D eigenvalue weighted by molar-refractivity contribution is 0.218. The van der Waals surface area contributed by atoms with Crippen LogP contribution in [0.4, 0.5) is 0 Å². The predicted molar refractivity (Wildman–Crippen MR) is 72.0 cm³/mol. The van der Waals surface area contributed by atoms with Gasteiger partial charge in [-0.25, -0.2) is 0 Å². The molecular weight excluding hydrogens is 208 g/mol. The largest absolute Gasteiger partial charge is 0.395 e. The summed E-state index contributed by atoms with van der Waals surface area (Å²) in [7, 11) is 0. The van der Waals surface area contributed by atoms with E-state index in [1.54, 1.807) is 0 Å². The van der Waals surface area contributed by atoms with Crippen molar-refractivity contribution in [3.05, 3.63) is 60.2 Å². The molecule has 17 heavy (non-hydrogen) atoms. The Bertz CT molecular complexity index is 486. The molecule has 0 heterocycles. The topological polar surface area (TPSA) is 20.2 Å². The van der Waals surface area contributed by atoms with E-state index in [4.69, 9.17) is 0 Å². The van der Waals surface area contributed by atoms with E-state index >= 15 is 0 Å². The van der Waals surface area contributed by atoms with Crippen molar-refractivity contribution in [2.45, 2.75) is 19.3 Å². The van der Waals surface area contributed by atoms with Crippen LogP contribution in [0.5, 0.6) is 0 Å². The van der Waals surface area contributed by atoms with Gasteiger partial charge < -0.3 is 5.11 Å². The van der Waals surface area contributed by atoms with Crippen LogP contribution in [-0.2, 0) is 5.41 Å². The minimum absolute atomic E-state index is 0.158. The molecule has 0 spiro atoms. The van der Waals surface area contributed by atoms with E-state index in [2.05, 4.69) is 50.2 Å². The highest BCUT2D eigenvalue weighted by atomic mass is 16.3. The van der Waals surface area contributed by atoms with E-state index in [0.29, 0.717) is 0 Å². The van der Waals surface area contributed by atoms with Crippen LogP contribution in [0.3, 0.4) is 0 Å². The Morgan fingerprint density at radius 3 is 2.18 bits per heavy atom. The zero-order valence-corrected chi connectivity index (χ0v) is 10.4. The summed E-state index contributed by atoms with van der Waals surface area (Å²) in [5.74, 6) is 0. The second-order valence-electron chi connectivity index (χ2n) is 4.99. The number of rotatable bonds is 3. The van der Waals surface area contributed by atoms with E-state index < -0.39 is 0 Å². The molecule has 2 rings (SSSR count). The molecule has 0 aromatic heterocycles. The second-order valence-corrected chi connectivity index (χ2v) is 4.99. The lowest BCUT2D eigenvalue weighted by Gasteiger charge is -2.22. The standard InChI is InChI=1S/C16H18O/c1-16(2,12-17)15-10-6-9-14(11-15)13-7-4-3-5-8-13/h3-11,17H,12H2,1-2H3. The summed E-state index contributed by atoms with van der Waals surface area (Å²) >= 11 is 0. The van der Waals surface area contributed by atoms with Crippen LogP contribution in [0.25, 0.3) is 11.1 Å². The van der Waals surface area contributed by atoms with Crippen molar-refractivity contribution in [2.75, 3.05) is 6.61 Å². The maximum atomic E-state index is 9.41. The molecule has 0 fully saturated rings. The van der Waals surface area contributed by atoms with Crippen molar-refractivity contribution in [2.24, 2.45) is 0 Å². The zero-order valence-electron chi connectivity index (χ0n) is 10.4. The van der Waals surface area contributed by atoms with Crippen molar-refractivity contribution in [1.29, 1.82) is 0 Å². The van der Waals surface area contributed by atoms with Gasteiger partial charge in [-0.3, -0.25) is 0 Å². The molecule has 1 N–H and O–H groups in total. The third kappa shape index (κ3) is 2.56. The minimum Gasteiger partial charge on any atom is -0.395 e. The van der Waals surface area contributed by atoms with E-state index in [9.17, 15) is 5.11 Å². The van der Waals surface area contributed by atoms with Gasteiger partial charge in [-0.1, -0.05) is 68.4 Å². The number of benzene rings is 2. The molecule has 0 unspecified atom stereocenters. The Hall–Kier alpha value is -1.60. The summed E-state index contributed by atoms with van der Waals surface area (Å²) in [6, 6.07) is 18.7. The van der Waals surface area contributed by atoms with Crippen molar-refractivity contribution in [1.82, 2.24) is 0 Å². The van der Waals surface area contributed by atoms with Gasteiger partial charge >= 0.3 is 0 Å². The monoisotopic (exact) mass is 226 g/mol. The summed E-state index contributed by atoms with van der Waals surface area (Å²) in [5, 5.41) is 9.41. The summed E-state index contributed by atoms with van der Waals surface area (Å²) in [6.07, 6.45) is 0. The fourth-order valence-corrected chi connectivity index (χ4v) is 1.84. The van der Waals surface area contributed by atoms with Gasteiger partial charge in [0, 0.05) is 5.41 Å². The molecule has 1 heteroatoms. The first-order valence-corrected chi connectivity index (χ1v) is 5.90. The fourth-order valence-electron chi connectivity index (χ4n) is 1.84. The molecule has 0 aliphatic heterocycles. The Labute approximate surface area is 103 Å². The average molecular weight is 226 g/mol. The highest BCUT2D eigenvalue weighted by Crippen LogP contribution is 2.27. The highest BCUT2D eigenvalue weighted by Gasteiger charge is 2.19. The Balaban J connectivity index is 2.42. The maximum absolute atomic E-state index is 9.41. The summed E-state index contributed by atoms with van der Waals surface area (Å²) in [6.45, 7) is 4.26. The van der Waals surface area contributed by atoms with Crippen LogP contribution >= 0.6 is 0 Å². The molecule has 0 bridgehead atoms. The first kappa shape index (κ1) is 11.9. The maximum Gasteiger partial charge on any atom is 0.0522 e. The van der Waals surface area contributed by atoms with Crippen LogP contribution in [0.1, 0.15) is 19.4 Å². The molecule has 0 aliphatic rings. The highest BCUT2D eigenvalue weighted by molar-refractivity contribution is 5.64. The van der Waals surface area contributed by atoms with E-state index in [1.807, 2.05) is 18.2 Å². The zero-order chi connectivity index (χ0) is 12.3. The van der Waals surface area contributed by atoms with Crippen LogP contribution < -0.4 is 0 Å². The number of aliphatic hydroxyl groups is 1. The van der Waals surface area contributed by atoms with Crippen molar-refractivity contribution >= 4 is 0 Å². The van der Waals surface area contributed by atoms with Crippen molar-refractivity contribution in [3.8, 4) is 11.1 Å². The second kappa shape index (κ2) is 4.72. The van der Waals surface area contributed by atoms with Gasteiger partial charge in [0.1, 0.15) is 0 Å². The molecule has 88 valence electrons. The molecule has 0 atom stereocenters. The van der Waals surface area contributed by atoms with E-state index in [1.165, 1.54) is 16.7 Å². The lowest BCUT2D eigenvalue weighted by atomic mass is 9.84. The first-order valence-electron chi connectivity index (χ1n) is 5.90. The third-order valence-corrected chi connectivity index (χ3v) is 3.15. The van der Waals surface area contributed by atoms with Crippen LogP contribution in [0.15, 0.2) is 54.6 Å². The SMILES string of the molecule is CC(C)(CO)c1cccc(-c2ccccc2)c1. The van der Waals surface area contributed by atoms with Gasteiger partial charge in [-0.05, 0) is 16.7 Å². The van der Waals surface area contributed by atoms with E-state index in [-0.39, 0.29) is 12.0 Å². The lowest BCUT2D eigenvalue weighted by Crippen LogP contribution is -2.21. The van der Waals surface area contributed by atoms with E-state index in [0.717, 1.165) is 0 Å².